The predicted octanol–water partition coefficient (Wildman–Crippen LogP) is 2.38. The topological polar surface area (TPSA) is 34.4 Å². The fourth-order valence-corrected chi connectivity index (χ4v) is 1.73. The fourth-order valence-electron chi connectivity index (χ4n) is 1.73. The molecular weight excluding hydrogens is 190 g/mol. The zero-order valence-electron chi connectivity index (χ0n) is 9.51. The van der Waals surface area contributed by atoms with Gasteiger partial charge in [0.15, 0.2) is 0 Å². The first kappa shape index (κ1) is 10.7. The number of hydrogen-bond donors (Lipinski definition) is 1. The Labute approximate surface area is 90.8 Å². The molecule has 1 fully saturated rings. The molecule has 0 aromatic carbocycles. The van der Waals surface area contributed by atoms with E-state index in [-0.39, 0.29) is 0 Å². The molecule has 1 aromatic heterocycles. The van der Waals surface area contributed by atoms with Crippen LogP contribution < -0.4 is 5.32 Å². The summed E-state index contributed by atoms with van der Waals surface area (Å²) in [4.78, 5) is 0. The molecule has 0 amide bonds. The van der Waals surface area contributed by atoms with Gasteiger partial charge in [0.2, 0.25) is 0 Å². The molecule has 2 rings (SSSR count). The summed E-state index contributed by atoms with van der Waals surface area (Å²) in [5.74, 6) is 1.97. The normalized spacial score (nSPS) is 16.7. The van der Waals surface area contributed by atoms with Gasteiger partial charge in [-0.05, 0) is 44.9 Å². The minimum absolute atomic E-state index is 0.475. The van der Waals surface area contributed by atoms with Crippen molar-refractivity contribution in [3.05, 3.63) is 23.2 Å². The van der Waals surface area contributed by atoms with E-state index in [4.69, 9.17) is 9.15 Å². The van der Waals surface area contributed by atoms with Crippen molar-refractivity contribution in [2.75, 3.05) is 7.05 Å². The van der Waals surface area contributed by atoms with Crippen LogP contribution in [0.4, 0.5) is 0 Å². The molecule has 0 atom stereocenters. The monoisotopic (exact) mass is 209 g/mol. The molecule has 1 aromatic rings. The van der Waals surface area contributed by atoms with E-state index in [0.29, 0.717) is 12.7 Å². The highest BCUT2D eigenvalue weighted by Gasteiger charge is 2.18. The maximum absolute atomic E-state index is 5.70. The number of nitrogens with one attached hydrogen (secondary N) is 1. The maximum Gasteiger partial charge on any atom is 0.130 e. The van der Waals surface area contributed by atoms with E-state index in [1.54, 1.807) is 0 Å². The molecular formula is C12H19NO2. The molecule has 1 heterocycles. The zero-order chi connectivity index (χ0) is 10.7. The van der Waals surface area contributed by atoms with Crippen LogP contribution in [0.5, 0.6) is 0 Å². The van der Waals surface area contributed by atoms with Gasteiger partial charge in [0, 0.05) is 0 Å². The Bertz CT molecular complexity index is 315. The Morgan fingerprint density at radius 3 is 2.93 bits per heavy atom. The highest BCUT2D eigenvalue weighted by atomic mass is 16.5. The largest absolute Gasteiger partial charge is 0.462 e. The number of hydrogen-bond acceptors (Lipinski definition) is 3. The van der Waals surface area contributed by atoms with Crippen LogP contribution in [-0.4, -0.2) is 13.2 Å². The molecule has 0 radical (unpaired) electrons. The Balaban J connectivity index is 1.87. The van der Waals surface area contributed by atoms with Gasteiger partial charge in [-0.15, -0.1) is 0 Å². The average molecular weight is 209 g/mol. The van der Waals surface area contributed by atoms with Gasteiger partial charge in [-0.25, -0.2) is 0 Å². The molecule has 1 aliphatic rings. The molecule has 1 saturated carbocycles. The number of furan rings is 1. The molecule has 0 bridgehead atoms. The van der Waals surface area contributed by atoms with Gasteiger partial charge in [-0.1, -0.05) is 0 Å². The third kappa shape index (κ3) is 2.61. The molecule has 0 saturated heterocycles. The van der Waals surface area contributed by atoms with Crippen LogP contribution in [0.1, 0.15) is 36.3 Å². The number of rotatable bonds is 5. The van der Waals surface area contributed by atoms with Crippen molar-refractivity contribution in [2.45, 2.75) is 45.4 Å². The lowest BCUT2D eigenvalue weighted by Crippen LogP contribution is -2.20. The van der Waals surface area contributed by atoms with Crippen LogP contribution in [0.2, 0.25) is 0 Å². The van der Waals surface area contributed by atoms with Crippen molar-refractivity contribution in [2.24, 2.45) is 0 Å². The lowest BCUT2D eigenvalue weighted by molar-refractivity contribution is -0.0160. The second-order valence-electron chi connectivity index (χ2n) is 4.21. The Hall–Kier alpha value is -0.800. The molecule has 0 aliphatic heterocycles. The Kier molecular flexibility index (Phi) is 3.44. The van der Waals surface area contributed by atoms with Crippen LogP contribution in [0.15, 0.2) is 10.5 Å². The summed E-state index contributed by atoms with van der Waals surface area (Å²) in [6.07, 6.45) is 4.21. The molecule has 1 N–H and O–H groups in total. The zero-order valence-corrected chi connectivity index (χ0v) is 9.51. The summed E-state index contributed by atoms with van der Waals surface area (Å²) in [7, 11) is 1.92. The third-order valence-electron chi connectivity index (χ3n) is 2.92. The summed E-state index contributed by atoms with van der Waals surface area (Å²) in [5, 5.41) is 3.09. The first-order valence-electron chi connectivity index (χ1n) is 5.64. The Morgan fingerprint density at radius 1 is 1.53 bits per heavy atom. The number of ether oxygens (including phenoxy) is 1. The van der Waals surface area contributed by atoms with Gasteiger partial charge in [-0.2, -0.15) is 0 Å². The smallest absolute Gasteiger partial charge is 0.130 e. The summed E-state index contributed by atoms with van der Waals surface area (Å²) >= 11 is 0. The van der Waals surface area contributed by atoms with Gasteiger partial charge in [0.1, 0.15) is 18.1 Å². The second kappa shape index (κ2) is 4.81. The standard InChI is InChI=1S/C12H19NO2/c1-9-6-11(15-12(9)7-13-2)8-14-10-4-3-5-10/h6,10,13H,3-5,7-8H2,1-2H3. The van der Waals surface area contributed by atoms with Crippen molar-refractivity contribution in [3.8, 4) is 0 Å². The van der Waals surface area contributed by atoms with Crippen LogP contribution in [0, 0.1) is 6.92 Å². The lowest BCUT2D eigenvalue weighted by atomic mass is 9.96. The highest BCUT2D eigenvalue weighted by molar-refractivity contribution is 5.19. The van der Waals surface area contributed by atoms with Crippen LogP contribution >= 0.6 is 0 Å². The second-order valence-corrected chi connectivity index (χ2v) is 4.21. The van der Waals surface area contributed by atoms with E-state index < -0.39 is 0 Å². The van der Waals surface area contributed by atoms with E-state index in [9.17, 15) is 0 Å². The van der Waals surface area contributed by atoms with E-state index in [0.717, 1.165) is 18.1 Å². The van der Waals surface area contributed by atoms with E-state index in [1.807, 2.05) is 7.05 Å². The quantitative estimate of drug-likeness (QED) is 0.808. The molecule has 3 heteroatoms. The fraction of sp³-hybridized carbons (Fsp3) is 0.667. The summed E-state index contributed by atoms with van der Waals surface area (Å²) in [6.45, 7) is 3.48. The van der Waals surface area contributed by atoms with E-state index >= 15 is 0 Å². The summed E-state index contributed by atoms with van der Waals surface area (Å²) in [5.41, 5.74) is 1.21. The third-order valence-corrected chi connectivity index (χ3v) is 2.92. The van der Waals surface area contributed by atoms with Crippen molar-refractivity contribution in [3.63, 3.8) is 0 Å². The minimum Gasteiger partial charge on any atom is -0.462 e. The van der Waals surface area contributed by atoms with Crippen molar-refractivity contribution in [1.29, 1.82) is 0 Å². The first-order chi connectivity index (χ1) is 7.29. The van der Waals surface area contributed by atoms with Crippen molar-refractivity contribution < 1.29 is 9.15 Å². The van der Waals surface area contributed by atoms with Crippen molar-refractivity contribution in [1.82, 2.24) is 5.32 Å². The molecule has 3 nitrogen and oxygen atoms in total. The van der Waals surface area contributed by atoms with Gasteiger partial charge in [0.25, 0.3) is 0 Å². The lowest BCUT2D eigenvalue weighted by Gasteiger charge is -2.24. The van der Waals surface area contributed by atoms with E-state index in [2.05, 4.69) is 18.3 Å². The van der Waals surface area contributed by atoms with Gasteiger partial charge in [-0.3, -0.25) is 0 Å². The average Bonchev–Trinajstić information content (AvgIpc) is 2.45. The highest BCUT2D eigenvalue weighted by Crippen LogP contribution is 2.24. The van der Waals surface area contributed by atoms with E-state index in [1.165, 1.54) is 24.8 Å². The summed E-state index contributed by atoms with van der Waals surface area (Å²) in [6, 6.07) is 2.07. The summed E-state index contributed by atoms with van der Waals surface area (Å²) < 4.78 is 11.4. The van der Waals surface area contributed by atoms with Gasteiger partial charge in [0.05, 0.1) is 12.6 Å². The molecule has 0 spiro atoms. The first-order valence-corrected chi connectivity index (χ1v) is 5.64. The van der Waals surface area contributed by atoms with Gasteiger partial charge >= 0.3 is 0 Å². The molecule has 1 aliphatic carbocycles. The van der Waals surface area contributed by atoms with Crippen LogP contribution in [-0.2, 0) is 17.9 Å². The van der Waals surface area contributed by atoms with Crippen molar-refractivity contribution >= 4 is 0 Å². The number of aryl methyl sites for hydroxylation is 1. The SMILES string of the molecule is CNCc1oc(COC2CCC2)cc1C. The van der Waals surface area contributed by atoms with Crippen LogP contribution in [0.25, 0.3) is 0 Å². The minimum atomic E-state index is 0.475. The molecule has 84 valence electrons. The Morgan fingerprint density at radius 2 is 2.33 bits per heavy atom. The molecule has 15 heavy (non-hydrogen) atoms. The van der Waals surface area contributed by atoms with Gasteiger partial charge < -0.3 is 14.5 Å². The van der Waals surface area contributed by atoms with Crippen LogP contribution in [0.3, 0.4) is 0 Å². The molecule has 0 unspecified atom stereocenters. The predicted molar refractivity (Wildman–Crippen MR) is 58.6 cm³/mol. The maximum atomic E-state index is 5.70.